The van der Waals surface area contributed by atoms with E-state index in [4.69, 9.17) is 4.98 Å². The molecular formula is C22H25N3O. The highest BCUT2D eigenvalue weighted by Crippen LogP contribution is 2.31. The third-order valence-electron chi connectivity index (χ3n) is 5.48. The summed E-state index contributed by atoms with van der Waals surface area (Å²) in [6, 6.07) is 14.9. The molecule has 1 aliphatic rings. The van der Waals surface area contributed by atoms with Crippen molar-refractivity contribution in [2.75, 3.05) is 13.1 Å². The topological polar surface area (TPSA) is 38.1 Å². The maximum Gasteiger partial charge on any atom is 0.223 e. The molecule has 134 valence electrons. The molecule has 4 rings (SSSR count). The van der Waals surface area contributed by atoms with E-state index >= 15 is 0 Å². The Labute approximate surface area is 154 Å². The van der Waals surface area contributed by atoms with Gasteiger partial charge in [-0.25, -0.2) is 4.98 Å². The summed E-state index contributed by atoms with van der Waals surface area (Å²) in [4.78, 5) is 19.1. The number of nitrogens with zero attached hydrogens (tertiary/aromatic N) is 3. The van der Waals surface area contributed by atoms with Crippen molar-refractivity contribution in [1.29, 1.82) is 0 Å². The van der Waals surface area contributed by atoms with Crippen LogP contribution in [0, 0.1) is 13.8 Å². The Hall–Kier alpha value is -2.62. The molecule has 0 spiro atoms. The molecule has 2 aromatic carbocycles. The minimum atomic E-state index is 0.167. The first-order valence-electron chi connectivity index (χ1n) is 9.36. The van der Waals surface area contributed by atoms with Crippen LogP contribution in [-0.4, -0.2) is 33.4 Å². The average molecular weight is 347 g/mol. The Balaban J connectivity index is 1.80. The van der Waals surface area contributed by atoms with Gasteiger partial charge in [0.25, 0.3) is 0 Å². The number of rotatable bonds is 4. The van der Waals surface area contributed by atoms with Gasteiger partial charge in [-0.1, -0.05) is 35.9 Å². The fourth-order valence-corrected chi connectivity index (χ4v) is 3.96. The smallest absolute Gasteiger partial charge is 0.223 e. The Kier molecular flexibility index (Phi) is 4.27. The largest absolute Gasteiger partial charge is 0.342 e. The number of amides is 1. The van der Waals surface area contributed by atoms with Crippen LogP contribution in [0.2, 0.25) is 0 Å². The van der Waals surface area contributed by atoms with Crippen LogP contribution in [0.4, 0.5) is 0 Å². The monoisotopic (exact) mass is 347 g/mol. The van der Waals surface area contributed by atoms with E-state index in [2.05, 4.69) is 54.8 Å². The van der Waals surface area contributed by atoms with E-state index in [1.54, 1.807) is 0 Å². The normalized spacial score (nSPS) is 17.4. The number of carbonyl (C=O) groups is 1. The molecular weight excluding hydrogens is 322 g/mol. The Morgan fingerprint density at radius 3 is 2.73 bits per heavy atom. The Morgan fingerprint density at radius 1 is 1.15 bits per heavy atom. The van der Waals surface area contributed by atoms with Crippen molar-refractivity contribution in [2.45, 2.75) is 39.7 Å². The van der Waals surface area contributed by atoms with E-state index in [1.165, 1.54) is 16.7 Å². The third kappa shape index (κ3) is 2.90. The van der Waals surface area contributed by atoms with Crippen molar-refractivity contribution in [3.8, 4) is 0 Å². The van der Waals surface area contributed by atoms with Gasteiger partial charge in [0, 0.05) is 32.0 Å². The van der Waals surface area contributed by atoms with Crippen molar-refractivity contribution in [2.24, 2.45) is 0 Å². The second-order valence-corrected chi connectivity index (χ2v) is 7.31. The highest BCUT2D eigenvalue weighted by atomic mass is 16.2. The molecule has 1 amide bonds. The lowest BCUT2D eigenvalue weighted by molar-refractivity contribution is -0.127. The van der Waals surface area contributed by atoms with E-state index in [-0.39, 0.29) is 11.8 Å². The van der Waals surface area contributed by atoms with E-state index < -0.39 is 0 Å². The molecule has 0 bridgehead atoms. The number of hydrogen-bond donors (Lipinski definition) is 0. The summed E-state index contributed by atoms with van der Waals surface area (Å²) in [6.45, 7) is 8.66. The standard InChI is InChI=1S/C22H25N3O/c1-4-24-13-18(12-21(24)26)22-23-19-7-5-6-8-20(19)25(22)14-17-11-15(2)9-10-16(17)3/h5-11,18H,4,12-14H2,1-3H3/t18-/m1/s1. The maximum atomic E-state index is 12.3. The highest BCUT2D eigenvalue weighted by molar-refractivity contribution is 5.81. The third-order valence-corrected chi connectivity index (χ3v) is 5.48. The molecule has 2 heterocycles. The Bertz CT molecular complexity index is 973. The summed E-state index contributed by atoms with van der Waals surface area (Å²) in [7, 11) is 0. The number of aromatic nitrogens is 2. The molecule has 26 heavy (non-hydrogen) atoms. The van der Waals surface area contributed by atoms with Gasteiger partial charge in [-0.15, -0.1) is 0 Å². The highest BCUT2D eigenvalue weighted by Gasteiger charge is 2.33. The second-order valence-electron chi connectivity index (χ2n) is 7.31. The average Bonchev–Trinajstić information content (AvgIpc) is 3.19. The van der Waals surface area contributed by atoms with Crippen LogP contribution < -0.4 is 0 Å². The fraction of sp³-hybridized carbons (Fsp3) is 0.364. The zero-order valence-electron chi connectivity index (χ0n) is 15.7. The molecule has 3 aromatic rings. The lowest BCUT2D eigenvalue weighted by atomic mass is 10.0. The molecule has 0 radical (unpaired) electrons. The SMILES string of the molecule is CCN1C[C@H](c2nc3ccccc3n2Cc2cc(C)ccc2C)CC1=O. The lowest BCUT2D eigenvalue weighted by Crippen LogP contribution is -2.24. The van der Waals surface area contributed by atoms with Crippen molar-refractivity contribution in [1.82, 2.24) is 14.5 Å². The van der Waals surface area contributed by atoms with Gasteiger partial charge in [0.2, 0.25) is 5.91 Å². The molecule has 0 saturated carbocycles. The molecule has 4 heteroatoms. The summed E-state index contributed by atoms with van der Waals surface area (Å²) < 4.78 is 2.31. The van der Waals surface area contributed by atoms with Crippen molar-refractivity contribution >= 4 is 16.9 Å². The van der Waals surface area contributed by atoms with Crippen molar-refractivity contribution in [3.63, 3.8) is 0 Å². The molecule has 1 aromatic heterocycles. The van der Waals surface area contributed by atoms with Gasteiger partial charge in [-0.3, -0.25) is 4.79 Å². The minimum Gasteiger partial charge on any atom is -0.342 e. The summed E-state index contributed by atoms with van der Waals surface area (Å²) >= 11 is 0. The first-order valence-corrected chi connectivity index (χ1v) is 9.36. The molecule has 0 aliphatic carbocycles. The van der Waals surface area contributed by atoms with Gasteiger partial charge in [-0.2, -0.15) is 0 Å². The summed E-state index contributed by atoms with van der Waals surface area (Å²) in [5, 5.41) is 0. The van der Waals surface area contributed by atoms with Crippen LogP contribution in [-0.2, 0) is 11.3 Å². The van der Waals surface area contributed by atoms with Crippen molar-refractivity contribution in [3.05, 3.63) is 65.0 Å². The molecule has 1 saturated heterocycles. The van der Waals surface area contributed by atoms with Gasteiger partial charge in [-0.05, 0) is 44.0 Å². The van der Waals surface area contributed by atoms with Crippen LogP contribution in [0.5, 0.6) is 0 Å². The number of carbonyl (C=O) groups excluding carboxylic acids is 1. The van der Waals surface area contributed by atoms with E-state index in [9.17, 15) is 4.79 Å². The van der Waals surface area contributed by atoms with E-state index in [0.717, 1.165) is 36.5 Å². The van der Waals surface area contributed by atoms with Crippen LogP contribution >= 0.6 is 0 Å². The molecule has 0 N–H and O–H groups in total. The summed E-state index contributed by atoms with van der Waals surface area (Å²) in [5.74, 6) is 1.44. The zero-order chi connectivity index (χ0) is 18.3. The predicted molar refractivity (Wildman–Crippen MR) is 104 cm³/mol. The quantitative estimate of drug-likeness (QED) is 0.714. The summed E-state index contributed by atoms with van der Waals surface area (Å²) in [6.07, 6.45) is 0.559. The van der Waals surface area contributed by atoms with Gasteiger partial charge in [0.15, 0.2) is 0 Å². The van der Waals surface area contributed by atoms with Gasteiger partial charge in [0.05, 0.1) is 11.0 Å². The molecule has 1 fully saturated rings. The lowest BCUT2D eigenvalue weighted by Gasteiger charge is -2.16. The number of fused-ring (bicyclic) bond motifs is 1. The van der Waals surface area contributed by atoms with Crippen LogP contribution in [0.3, 0.4) is 0 Å². The second kappa shape index (κ2) is 6.60. The van der Waals surface area contributed by atoms with E-state index in [1.807, 2.05) is 17.9 Å². The molecule has 1 aliphatic heterocycles. The van der Waals surface area contributed by atoms with Crippen molar-refractivity contribution < 1.29 is 4.79 Å². The summed E-state index contributed by atoms with van der Waals surface area (Å²) in [5.41, 5.74) is 6.02. The fourth-order valence-electron chi connectivity index (χ4n) is 3.96. The van der Waals surface area contributed by atoms with Gasteiger partial charge >= 0.3 is 0 Å². The number of likely N-dealkylation sites (N-methyl/N-ethyl adjacent to an activating group) is 1. The number of likely N-dealkylation sites (tertiary alicyclic amines) is 1. The first-order chi connectivity index (χ1) is 12.6. The predicted octanol–water partition coefficient (Wildman–Crippen LogP) is 4.04. The molecule has 1 atom stereocenters. The van der Waals surface area contributed by atoms with Gasteiger partial charge in [0.1, 0.15) is 5.82 Å². The number of para-hydroxylation sites is 2. The number of hydrogen-bond acceptors (Lipinski definition) is 2. The van der Waals surface area contributed by atoms with Crippen LogP contribution in [0.15, 0.2) is 42.5 Å². The molecule has 4 nitrogen and oxygen atoms in total. The number of imidazole rings is 1. The zero-order valence-corrected chi connectivity index (χ0v) is 15.7. The first kappa shape index (κ1) is 16.8. The number of aryl methyl sites for hydroxylation is 2. The van der Waals surface area contributed by atoms with Gasteiger partial charge < -0.3 is 9.47 Å². The van der Waals surface area contributed by atoms with Crippen LogP contribution in [0.1, 0.15) is 41.8 Å². The van der Waals surface area contributed by atoms with Crippen LogP contribution in [0.25, 0.3) is 11.0 Å². The minimum absolute atomic E-state index is 0.167. The molecule has 0 unspecified atom stereocenters. The Morgan fingerprint density at radius 2 is 1.96 bits per heavy atom. The van der Waals surface area contributed by atoms with E-state index in [0.29, 0.717) is 6.42 Å². The number of benzene rings is 2. The maximum absolute atomic E-state index is 12.3.